The van der Waals surface area contributed by atoms with E-state index in [4.69, 9.17) is 0 Å². The Hall–Kier alpha value is -1.67. The van der Waals surface area contributed by atoms with Gasteiger partial charge in [-0.15, -0.1) is 0 Å². The van der Waals surface area contributed by atoms with Gasteiger partial charge in [0.1, 0.15) is 0 Å². The summed E-state index contributed by atoms with van der Waals surface area (Å²) in [5.74, 6) is 0.736. The number of benzene rings is 2. The van der Waals surface area contributed by atoms with Crippen LogP contribution in [0.2, 0.25) is 0 Å². The standard InChI is InChI=1S/C19H21NO/c1-13(2)20-10-15-9-19(15,12-20)18-8-7-14-5-3-4-6-16(14)17(18)11-21/h3-8,11,13,15H,9-10,12H2,1-2H3/t15-,19-/m1/s1. The van der Waals surface area contributed by atoms with Gasteiger partial charge in [0.2, 0.25) is 0 Å². The van der Waals surface area contributed by atoms with E-state index in [1.54, 1.807) is 0 Å². The summed E-state index contributed by atoms with van der Waals surface area (Å²) in [4.78, 5) is 14.3. The topological polar surface area (TPSA) is 20.3 Å². The number of fused-ring (bicyclic) bond motifs is 2. The van der Waals surface area contributed by atoms with E-state index in [9.17, 15) is 4.79 Å². The van der Waals surface area contributed by atoms with E-state index in [-0.39, 0.29) is 5.41 Å². The van der Waals surface area contributed by atoms with Gasteiger partial charge in [-0.3, -0.25) is 9.69 Å². The van der Waals surface area contributed by atoms with Crippen molar-refractivity contribution < 1.29 is 4.79 Å². The molecule has 0 unspecified atom stereocenters. The molecule has 2 aromatic rings. The van der Waals surface area contributed by atoms with E-state index in [0.29, 0.717) is 6.04 Å². The predicted octanol–water partition coefficient (Wildman–Crippen LogP) is 3.63. The van der Waals surface area contributed by atoms with E-state index in [1.165, 1.54) is 18.5 Å². The summed E-state index contributed by atoms with van der Waals surface area (Å²) in [6.45, 7) is 6.82. The number of hydrogen-bond acceptors (Lipinski definition) is 2. The number of rotatable bonds is 3. The van der Waals surface area contributed by atoms with E-state index < -0.39 is 0 Å². The number of nitrogens with zero attached hydrogens (tertiary/aromatic N) is 1. The molecule has 0 amide bonds. The number of hydrogen-bond donors (Lipinski definition) is 0. The Bertz CT molecular complexity index is 721. The van der Waals surface area contributed by atoms with Crippen LogP contribution in [0.5, 0.6) is 0 Å². The zero-order valence-corrected chi connectivity index (χ0v) is 12.7. The van der Waals surface area contributed by atoms with Crippen molar-refractivity contribution in [3.05, 3.63) is 47.5 Å². The minimum atomic E-state index is 0.241. The van der Waals surface area contributed by atoms with Crippen molar-refractivity contribution in [1.82, 2.24) is 4.90 Å². The fourth-order valence-corrected chi connectivity index (χ4v) is 4.19. The van der Waals surface area contributed by atoms with E-state index >= 15 is 0 Å². The van der Waals surface area contributed by atoms with Gasteiger partial charge in [0.25, 0.3) is 0 Å². The van der Waals surface area contributed by atoms with Crippen molar-refractivity contribution in [1.29, 1.82) is 0 Å². The molecule has 108 valence electrons. The van der Waals surface area contributed by atoms with Gasteiger partial charge >= 0.3 is 0 Å². The van der Waals surface area contributed by atoms with Crippen LogP contribution >= 0.6 is 0 Å². The van der Waals surface area contributed by atoms with Crippen LogP contribution < -0.4 is 0 Å². The first-order chi connectivity index (χ1) is 10.2. The van der Waals surface area contributed by atoms with Crippen molar-refractivity contribution in [3.63, 3.8) is 0 Å². The van der Waals surface area contributed by atoms with Crippen molar-refractivity contribution in [2.24, 2.45) is 5.92 Å². The zero-order valence-electron chi connectivity index (χ0n) is 12.7. The van der Waals surface area contributed by atoms with E-state index in [1.807, 2.05) is 12.1 Å². The SMILES string of the molecule is CC(C)N1C[C@H]2C[C@@]2(c2ccc3ccccc3c2C=O)C1. The summed E-state index contributed by atoms with van der Waals surface area (Å²) in [6.07, 6.45) is 2.31. The van der Waals surface area contributed by atoms with Crippen LogP contribution in [0.25, 0.3) is 10.8 Å². The lowest BCUT2D eigenvalue weighted by atomic mass is 9.88. The van der Waals surface area contributed by atoms with Gasteiger partial charge in [-0.1, -0.05) is 36.4 Å². The third kappa shape index (κ3) is 1.78. The maximum absolute atomic E-state index is 11.8. The third-order valence-corrected chi connectivity index (χ3v) is 5.53. The number of carbonyl (C=O) groups excluding carboxylic acids is 1. The van der Waals surface area contributed by atoms with Crippen LogP contribution in [0.1, 0.15) is 36.2 Å². The predicted molar refractivity (Wildman–Crippen MR) is 85.8 cm³/mol. The summed E-state index contributed by atoms with van der Waals surface area (Å²) < 4.78 is 0. The highest BCUT2D eigenvalue weighted by atomic mass is 16.1. The van der Waals surface area contributed by atoms with Gasteiger partial charge in [-0.05, 0) is 42.5 Å². The first kappa shape index (κ1) is 13.0. The number of piperidine rings is 1. The lowest BCUT2D eigenvalue weighted by Gasteiger charge is -2.25. The Morgan fingerprint density at radius 3 is 2.76 bits per heavy atom. The second-order valence-corrected chi connectivity index (χ2v) is 6.95. The molecule has 1 aliphatic heterocycles. The molecule has 1 aliphatic carbocycles. The molecule has 0 bridgehead atoms. The normalized spacial score (nSPS) is 28.0. The third-order valence-electron chi connectivity index (χ3n) is 5.53. The average molecular weight is 279 g/mol. The Morgan fingerprint density at radius 1 is 1.24 bits per heavy atom. The van der Waals surface area contributed by atoms with Crippen LogP contribution in [-0.4, -0.2) is 30.3 Å². The smallest absolute Gasteiger partial charge is 0.150 e. The van der Waals surface area contributed by atoms with Gasteiger partial charge in [-0.25, -0.2) is 0 Å². The van der Waals surface area contributed by atoms with Crippen molar-refractivity contribution in [2.45, 2.75) is 31.7 Å². The first-order valence-electron chi connectivity index (χ1n) is 7.87. The molecule has 2 atom stereocenters. The van der Waals surface area contributed by atoms with Crippen LogP contribution in [-0.2, 0) is 5.41 Å². The van der Waals surface area contributed by atoms with Gasteiger partial charge in [0.05, 0.1) is 0 Å². The Balaban J connectivity index is 1.83. The Morgan fingerprint density at radius 2 is 2.05 bits per heavy atom. The molecular weight excluding hydrogens is 258 g/mol. The summed E-state index contributed by atoms with van der Waals surface area (Å²) in [5, 5.41) is 2.27. The second kappa shape index (κ2) is 4.41. The fraction of sp³-hybridized carbons (Fsp3) is 0.421. The molecule has 2 aromatic carbocycles. The maximum atomic E-state index is 11.8. The van der Waals surface area contributed by atoms with Crippen LogP contribution in [0.4, 0.5) is 0 Å². The molecule has 0 radical (unpaired) electrons. The van der Waals surface area contributed by atoms with E-state index in [0.717, 1.165) is 35.1 Å². The monoisotopic (exact) mass is 279 g/mol. The number of likely N-dealkylation sites (tertiary alicyclic amines) is 1. The van der Waals surface area contributed by atoms with Crippen molar-refractivity contribution in [2.75, 3.05) is 13.1 Å². The van der Waals surface area contributed by atoms with Crippen molar-refractivity contribution >= 4 is 17.1 Å². The molecular formula is C19H21NO. The quantitative estimate of drug-likeness (QED) is 0.800. The highest BCUT2D eigenvalue weighted by molar-refractivity contribution is 6.00. The summed E-state index contributed by atoms with van der Waals surface area (Å²) in [6, 6.07) is 13.2. The molecule has 4 rings (SSSR count). The second-order valence-electron chi connectivity index (χ2n) is 6.95. The molecule has 0 spiro atoms. The first-order valence-corrected chi connectivity index (χ1v) is 7.87. The molecule has 1 saturated carbocycles. The zero-order chi connectivity index (χ0) is 14.6. The number of carbonyl (C=O) groups is 1. The molecule has 2 fully saturated rings. The largest absolute Gasteiger partial charge is 0.300 e. The van der Waals surface area contributed by atoms with Gasteiger partial charge in [0.15, 0.2) is 6.29 Å². The van der Waals surface area contributed by atoms with Crippen molar-refractivity contribution in [3.8, 4) is 0 Å². The minimum Gasteiger partial charge on any atom is -0.300 e. The highest BCUT2D eigenvalue weighted by Crippen LogP contribution is 2.60. The molecule has 21 heavy (non-hydrogen) atoms. The summed E-state index contributed by atoms with van der Waals surface area (Å²) in [7, 11) is 0. The lowest BCUT2D eigenvalue weighted by molar-refractivity contribution is 0.112. The molecule has 2 aliphatic rings. The molecule has 2 nitrogen and oxygen atoms in total. The average Bonchev–Trinajstić information content (AvgIpc) is 3.07. The molecule has 1 heterocycles. The summed E-state index contributed by atoms with van der Waals surface area (Å²) >= 11 is 0. The van der Waals surface area contributed by atoms with Gasteiger partial charge in [0, 0.05) is 30.1 Å². The van der Waals surface area contributed by atoms with Gasteiger partial charge < -0.3 is 0 Å². The molecule has 0 aromatic heterocycles. The summed E-state index contributed by atoms with van der Waals surface area (Å²) in [5.41, 5.74) is 2.44. The Kier molecular flexibility index (Phi) is 2.74. The Labute approximate surface area is 125 Å². The molecule has 2 heteroatoms. The van der Waals surface area contributed by atoms with Crippen LogP contribution in [0.15, 0.2) is 36.4 Å². The lowest BCUT2D eigenvalue weighted by Crippen LogP contribution is -2.32. The van der Waals surface area contributed by atoms with Crippen LogP contribution in [0.3, 0.4) is 0 Å². The molecule has 0 N–H and O–H groups in total. The van der Waals surface area contributed by atoms with Gasteiger partial charge in [-0.2, -0.15) is 0 Å². The fourth-order valence-electron chi connectivity index (χ4n) is 4.19. The molecule has 1 saturated heterocycles. The number of aldehydes is 1. The maximum Gasteiger partial charge on any atom is 0.150 e. The van der Waals surface area contributed by atoms with E-state index in [2.05, 4.69) is 43.0 Å². The van der Waals surface area contributed by atoms with Crippen LogP contribution in [0, 0.1) is 5.92 Å². The minimum absolute atomic E-state index is 0.241. The highest BCUT2D eigenvalue weighted by Gasteiger charge is 2.61.